The number of ketones is 1. The summed E-state index contributed by atoms with van der Waals surface area (Å²) in [6, 6.07) is 11.7. The fourth-order valence-electron chi connectivity index (χ4n) is 4.02. The third-order valence-corrected chi connectivity index (χ3v) is 6.61. The van der Waals surface area contributed by atoms with Crippen LogP contribution in [0.4, 0.5) is 0 Å². The van der Waals surface area contributed by atoms with Gasteiger partial charge in [0, 0.05) is 23.5 Å². The molecule has 30 heavy (non-hydrogen) atoms. The fourth-order valence-corrected chi connectivity index (χ4v) is 4.80. The number of hydrogen-bond acceptors (Lipinski definition) is 5. The molecule has 0 aliphatic heterocycles. The number of benzene rings is 1. The second-order valence-electron chi connectivity index (χ2n) is 7.72. The topological polar surface area (TPSA) is 65.6 Å². The number of thioether (sulfide) groups is 1. The van der Waals surface area contributed by atoms with Crippen LogP contribution in [0.3, 0.4) is 0 Å². The van der Waals surface area contributed by atoms with Crippen LogP contribution in [-0.4, -0.2) is 36.3 Å². The number of Topliss-reactive ketones (excluding diaryl/α,β-unsaturated/α-hetero) is 1. The quantitative estimate of drug-likeness (QED) is 0.293. The maximum atomic E-state index is 13.0. The Balaban J connectivity index is 1.42. The summed E-state index contributed by atoms with van der Waals surface area (Å²) in [7, 11) is 0. The van der Waals surface area contributed by atoms with Crippen molar-refractivity contribution in [3.05, 3.63) is 65.0 Å². The van der Waals surface area contributed by atoms with Gasteiger partial charge in [0.2, 0.25) is 5.16 Å². The van der Waals surface area contributed by atoms with Crippen molar-refractivity contribution in [3.63, 3.8) is 0 Å². The smallest absolute Gasteiger partial charge is 0.214 e. The minimum atomic E-state index is 0.110. The number of para-hydroxylation sites is 1. The maximum Gasteiger partial charge on any atom is 0.214 e. The molecule has 156 valence electrons. The van der Waals surface area contributed by atoms with E-state index in [9.17, 15) is 4.79 Å². The summed E-state index contributed by atoms with van der Waals surface area (Å²) < 4.78 is 3.94. The van der Waals surface area contributed by atoms with Crippen LogP contribution >= 0.6 is 11.8 Å². The molecule has 1 aromatic carbocycles. The van der Waals surface area contributed by atoms with E-state index in [1.165, 1.54) is 37.4 Å². The Morgan fingerprint density at radius 3 is 2.77 bits per heavy atom. The Bertz CT molecular complexity index is 1050. The zero-order valence-electron chi connectivity index (χ0n) is 17.5. The molecule has 0 bridgehead atoms. The van der Waals surface area contributed by atoms with Crippen LogP contribution in [0, 0.1) is 13.8 Å². The van der Waals surface area contributed by atoms with Crippen molar-refractivity contribution >= 4 is 17.5 Å². The predicted octanol–water partition coefficient (Wildman–Crippen LogP) is 4.95. The minimum Gasteiger partial charge on any atom is -0.348 e. The Labute approximate surface area is 181 Å². The monoisotopic (exact) mass is 421 g/mol. The van der Waals surface area contributed by atoms with Gasteiger partial charge in [0.15, 0.2) is 5.78 Å². The summed E-state index contributed by atoms with van der Waals surface area (Å²) in [5, 5.41) is 12.5. The van der Waals surface area contributed by atoms with Crippen molar-refractivity contribution in [1.29, 1.82) is 0 Å². The van der Waals surface area contributed by atoms with Gasteiger partial charge in [-0.05, 0) is 74.6 Å². The van der Waals surface area contributed by atoms with E-state index in [4.69, 9.17) is 0 Å². The van der Waals surface area contributed by atoms with Crippen LogP contribution in [-0.2, 0) is 6.54 Å². The van der Waals surface area contributed by atoms with Crippen LogP contribution in [0.2, 0.25) is 0 Å². The van der Waals surface area contributed by atoms with Gasteiger partial charge in [-0.15, -0.1) is 5.10 Å². The van der Waals surface area contributed by atoms with E-state index in [0.717, 1.165) is 35.6 Å². The highest BCUT2D eigenvalue weighted by Crippen LogP contribution is 2.24. The summed E-state index contributed by atoms with van der Waals surface area (Å²) in [5.41, 5.74) is 5.44. The number of nitrogens with zero attached hydrogens (tertiary/aromatic N) is 5. The average molecular weight is 422 g/mol. The molecule has 1 aliphatic rings. The molecule has 0 fully saturated rings. The fraction of sp³-hybridized carbons (Fsp3) is 0.391. The van der Waals surface area contributed by atoms with Gasteiger partial charge in [-0.2, -0.15) is 4.68 Å². The molecule has 2 aromatic heterocycles. The molecular formula is C23H27N5OS. The first-order valence-corrected chi connectivity index (χ1v) is 11.5. The number of aryl methyl sites for hydroxylation is 1. The lowest BCUT2D eigenvalue weighted by Gasteiger charge is -2.15. The molecule has 3 aromatic rings. The van der Waals surface area contributed by atoms with Crippen molar-refractivity contribution in [2.24, 2.45) is 0 Å². The van der Waals surface area contributed by atoms with Crippen LogP contribution in [0.1, 0.15) is 53.8 Å². The van der Waals surface area contributed by atoms with Crippen LogP contribution < -0.4 is 0 Å². The molecule has 4 rings (SSSR count). The van der Waals surface area contributed by atoms with Gasteiger partial charge in [0.25, 0.3) is 0 Å². The number of hydrogen-bond donors (Lipinski definition) is 0. The van der Waals surface area contributed by atoms with Gasteiger partial charge in [0.05, 0.1) is 11.4 Å². The highest BCUT2D eigenvalue weighted by molar-refractivity contribution is 7.99. The van der Waals surface area contributed by atoms with Crippen molar-refractivity contribution in [3.8, 4) is 5.69 Å². The van der Waals surface area contributed by atoms with Crippen LogP contribution in [0.15, 0.2) is 53.2 Å². The predicted molar refractivity (Wildman–Crippen MR) is 119 cm³/mol. The van der Waals surface area contributed by atoms with Crippen LogP contribution in [0.25, 0.3) is 5.69 Å². The molecule has 0 unspecified atom stereocenters. The Morgan fingerprint density at radius 2 is 2.00 bits per heavy atom. The van der Waals surface area contributed by atoms with Crippen molar-refractivity contribution in [1.82, 2.24) is 24.8 Å². The van der Waals surface area contributed by atoms with Crippen LogP contribution in [0.5, 0.6) is 0 Å². The molecule has 0 radical (unpaired) electrons. The minimum absolute atomic E-state index is 0.110. The van der Waals surface area contributed by atoms with E-state index in [0.29, 0.717) is 10.9 Å². The highest BCUT2D eigenvalue weighted by atomic mass is 32.2. The van der Waals surface area contributed by atoms with Crippen molar-refractivity contribution in [2.45, 2.75) is 57.7 Å². The maximum absolute atomic E-state index is 13.0. The zero-order valence-corrected chi connectivity index (χ0v) is 18.4. The van der Waals surface area contributed by atoms with Gasteiger partial charge in [-0.1, -0.05) is 41.6 Å². The molecule has 1 aliphatic carbocycles. The lowest BCUT2D eigenvalue weighted by Crippen LogP contribution is -2.08. The second kappa shape index (κ2) is 9.43. The molecule has 0 atom stereocenters. The summed E-state index contributed by atoms with van der Waals surface area (Å²) in [6.45, 7) is 5.08. The molecule has 0 saturated carbocycles. The van der Waals surface area contributed by atoms with E-state index < -0.39 is 0 Å². The normalized spacial score (nSPS) is 14.0. The summed E-state index contributed by atoms with van der Waals surface area (Å²) in [4.78, 5) is 13.0. The largest absolute Gasteiger partial charge is 0.348 e. The lowest BCUT2D eigenvalue weighted by atomic mass is 9.97. The third-order valence-electron chi connectivity index (χ3n) is 5.69. The summed E-state index contributed by atoms with van der Waals surface area (Å²) >= 11 is 1.37. The molecule has 7 heteroatoms. The molecule has 0 N–H and O–H groups in total. The Kier molecular flexibility index (Phi) is 6.47. The molecule has 0 saturated heterocycles. The first kappa shape index (κ1) is 20.6. The highest BCUT2D eigenvalue weighted by Gasteiger charge is 2.18. The average Bonchev–Trinajstić information content (AvgIpc) is 3.36. The summed E-state index contributed by atoms with van der Waals surface area (Å²) in [5.74, 6) is 0.418. The molecular weight excluding hydrogens is 394 g/mol. The van der Waals surface area contributed by atoms with E-state index >= 15 is 0 Å². The van der Waals surface area contributed by atoms with Gasteiger partial charge in [0.1, 0.15) is 0 Å². The van der Waals surface area contributed by atoms with Crippen molar-refractivity contribution < 1.29 is 4.79 Å². The zero-order chi connectivity index (χ0) is 20.9. The van der Waals surface area contributed by atoms with E-state index in [1.807, 2.05) is 43.3 Å². The second-order valence-corrected chi connectivity index (χ2v) is 8.66. The first-order valence-electron chi connectivity index (χ1n) is 10.5. The van der Waals surface area contributed by atoms with E-state index in [-0.39, 0.29) is 5.78 Å². The Hall–Kier alpha value is -2.67. The van der Waals surface area contributed by atoms with Gasteiger partial charge in [-0.3, -0.25) is 4.79 Å². The lowest BCUT2D eigenvalue weighted by molar-refractivity contribution is 0.102. The standard InChI is InChI=1S/C23H27N5OS/c1-17-15-21(18(2)27(17)14-13-19-9-5-3-6-10-19)22(29)16-30-23-24-25-26-28(23)20-11-7-4-8-12-20/h4,7-9,11-12,15H,3,5-6,10,13-14,16H2,1-2H3. The molecule has 2 heterocycles. The number of carbonyl (C=O) groups excluding carboxylic acids is 1. The number of allylic oxidation sites excluding steroid dienone is 2. The molecule has 6 nitrogen and oxygen atoms in total. The third kappa shape index (κ3) is 4.56. The Morgan fingerprint density at radius 1 is 1.17 bits per heavy atom. The van der Waals surface area contributed by atoms with E-state index in [2.05, 4.69) is 33.1 Å². The molecule has 0 spiro atoms. The first-order chi connectivity index (χ1) is 14.6. The number of carbonyl (C=O) groups is 1. The van der Waals surface area contributed by atoms with Gasteiger partial charge in [-0.25, -0.2) is 0 Å². The van der Waals surface area contributed by atoms with Gasteiger partial charge < -0.3 is 4.57 Å². The number of aromatic nitrogens is 5. The number of rotatable bonds is 8. The SMILES string of the molecule is Cc1cc(C(=O)CSc2nnnn2-c2ccccc2)c(C)n1CCC1=CCCCC1. The number of tetrazole rings is 1. The van der Waals surface area contributed by atoms with E-state index in [1.54, 1.807) is 10.3 Å². The molecule has 0 amide bonds. The van der Waals surface area contributed by atoms with Crippen molar-refractivity contribution in [2.75, 3.05) is 5.75 Å². The van der Waals surface area contributed by atoms with Gasteiger partial charge >= 0.3 is 0 Å². The summed E-state index contributed by atoms with van der Waals surface area (Å²) in [6.07, 6.45) is 8.52.